The number of hydrogen-bond acceptors (Lipinski definition) is 7. The molecule has 6 nitrogen and oxygen atoms in total. The Morgan fingerprint density at radius 1 is 1.13 bits per heavy atom. The van der Waals surface area contributed by atoms with Gasteiger partial charge in [-0.25, -0.2) is 9.97 Å². The lowest BCUT2D eigenvalue weighted by molar-refractivity contribution is -0.0205. The highest BCUT2D eigenvalue weighted by molar-refractivity contribution is 7.99. The molecular weight excluding hydrogens is 394 g/mol. The van der Waals surface area contributed by atoms with Crippen LogP contribution in [0, 0.1) is 0 Å². The van der Waals surface area contributed by atoms with Crippen molar-refractivity contribution in [2.75, 3.05) is 11.9 Å². The molecule has 2 aliphatic heterocycles. The summed E-state index contributed by atoms with van der Waals surface area (Å²) in [6.07, 6.45) is 8.52. The summed E-state index contributed by atoms with van der Waals surface area (Å²) in [5, 5.41) is 15.4. The molecule has 1 aromatic heterocycles. The summed E-state index contributed by atoms with van der Waals surface area (Å²) >= 11 is 1.61. The molecule has 0 saturated heterocycles. The van der Waals surface area contributed by atoms with Crippen LogP contribution in [0.1, 0.15) is 17.4 Å². The second kappa shape index (κ2) is 8.39. The Morgan fingerprint density at radius 3 is 2.83 bits per heavy atom. The first-order chi connectivity index (χ1) is 14.8. The summed E-state index contributed by atoms with van der Waals surface area (Å²) in [6.45, 7) is 1.22. The Bertz CT molecular complexity index is 1100. The molecule has 0 fully saturated rings. The topological polar surface area (TPSA) is 73.6 Å². The van der Waals surface area contributed by atoms with Crippen molar-refractivity contribution < 1.29 is 5.11 Å². The van der Waals surface area contributed by atoms with E-state index in [4.69, 9.17) is 0 Å². The second-order valence-corrected chi connectivity index (χ2v) is 8.22. The van der Waals surface area contributed by atoms with Gasteiger partial charge in [0.05, 0.1) is 18.3 Å². The highest BCUT2D eigenvalue weighted by Gasteiger charge is 2.26. The first kappa shape index (κ1) is 19.0. The molecule has 2 unspecified atom stereocenters. The molecule has 2 atom stereocenters. The van der Waals surface area contributed by atoms with Gasteiger partial charge in [-0.3, -0.25) is 9.89 Å². The zero-order valence-corrected chi connectivity index (χ0v) is 17.0. The number of nitrogens with zero attached hydrogens (tertiary/aromatic N) is 4. The van der Waals surface area contributed by atoms with Crippen molar-refractivity contribution in [2.24, 2.45) is 4.99 Å². The van der Waals surface area contributed by atoms with E-state index in [0.717, 1.165) is 32.6 Å². The van der Waals surface area contributed by atoms with Crippen LogP contribution in [-0.2, 0) is 6.54 Å². The lowest BCUT2D eigenvalue weighted by Gasteiger charge is -2.34. The van der Waals surface area contributed by atoms with Crippen molar-refractivity contribution >= 4 is 29.5 Å². The van der Waals surface area contributed by atoms with Gasteiger partial charge in [0.25, 0.3) is 0 Å². The van der Waals surface area contributed by atoms with Gasteiger partial charge in [-0.1, -0.05) is 54.2 Å². The van der Waals surface area contributed by atoms with Crippen LogP contribution >= 0.6 is 11.8 Å². The fraction of sp³-hybridized carbons (Fsp3) is 0.174. The molecule has 7 heteroatoms. The van der Waals surface area contributed by atoms with Gasteiger partial charge < -0.3 is 10.4 Å². The van der Waals surface area contributed by atoms with Crippen LogP contribution in [0.15, 0.2) is 88.0 Å². The quantitative estimate of drug-likeness (QED) is 0.476. The number of fused-ring (bicyclic) bond motifs is 2. The third-order valence-corrected chi connectivity index (χ3v) is 6.26. The molecule has 3 heterocycles. The fourth-order valence-electron chi connectivity index (χ4n) is 3.68. The van der Waals surface area contributed by atoms with Crippen molar-refractivity contribution in [3.8, 4) is 0 Å². The van der Waals surface area contributed by atoms with Crippen LogP contribution < -0.4 is 5.32 Å². The van der Waals surface area contributed by atoms with Crippen molar-refractivity contribution in [1.29, 1.82) is 0 Å². The molecule has 0 aliphatic carbocycles. The molecular formula is C23H21N5OS. The number of aliphatic imine (C=N–C) groups is 1. The fourth-order valence-corrected chi connectivity index (χ4v) is 4.55. The Hall–Kier alpha value is -3.00. The van der Waals surface area contributed by atoms with E-state index in [1.54, 1.807) is 24.2 Å². The van der Waals surface area contributed by atoms with E-state index in [-0.39, 0.29) is 6.04 Å². The van der Waals surface area contributed by atoms with Crippen LogP contribution in [-0.4, -0.2) is 38.8 Å². The van der Waals surface area contributed by atoms with Gasteiger partial charge in [-0.15, -0.1) is 0 Å². The molecule has 5 rings (SSSR count). The average molecular weight is 416 g/mol. The number of aliphatic hydroxyl groups is 1. The van der Waals surface area contributed by atoms with Gasteiger partial charge in [-0.2, -0.15) is 0 Å². The number of dihydropyridines is 1. The molecule has 0 amide bonds. The molecule has 0 spiro atoms. The summed E-state index contributed by atoms with van der Waals surface area (Å²) in [5.41, 5.74) is 2.99. The number of anilines is 2. The Labute approximate surface area is 179 Å². The first-order valence-corrected chi connectivity index (χ1v) is 10.6. The molecule has 150 valence electrons. The lowest BCUT2D eigenvalue weighted by atomic mass is 10.1. The first-order valence-electron chi connectivity index (χ1n) is 9.82. The minimum atomic E-state index is -0.723. The van der Waals surface area contributed by atoms with Gasteiger partial charge in [-0.05, 0) is 29.3 Å². The molecule has 0 bridgehead atoms. The van der Waals surface area contributed by atoms with E-state index in [0.29, 0.717) is 13.1 Å². The van der Waals surface area contributed by atoms with E-state index in [2.05, 4.69) is 49.5 Å². The molecule has 30 heavy (non-hydrogen) atoms. The maximum Gasteiger partial charge on any atom is 0.163 e. The zero-order chi connectivity index (χ0) is 20.3. The third-order valence-electron chi connectivity index (χ3n) is 5.19. The molecule has 0 saturated carbocycles. The number of rotatable bonds is 5. The largest absolute Gasteiger partial charge is 0.374 e. The SMILES string of the molecule is OC(c1ccccc1)N(Cc1ccc2c(c1)Nc1nccnc1S2)C1C=CC=NC1. The van der Waals surface area contributed by atoms with E-state index in [1.807, 2.05) is 42.6 Å². The van der Waals surface area contributed by atoms with Crippen molar-refractivity contribution in [1.82, 2.24) is 14.9 Å². The Morgan fingerprint density at radius 2 is 2.00 bits per heavy atom. The van der Waals surface area contributed by atoms with E-state index in [9.17, 15) is 5.11 Å². The predicted molar refractivity (Wildman–Crippen MR) is 119 cm³/mol. The van der Waals surface area contributed by atoms with Crippen LogP contribution in [0.3, 0.4) is 0 Å². The van der Waals surface area contributed by atoms with Crippen molar-refractivity contribution in [3.05, 3.63) is 84.2 Å². The van der Waals surface area contributed by atoms with E-state index < -0.39 is 6.23 Å². The smallest absolute Gasteiger partial charge is 0.163 e. The van der Waals surface area contributed by atoms with Crippen LogP contribution in [0.25, 0.3) is 0 Å². The third kappa shape index (κ3) is 3.87. The number of nitrogens with one attached hydrogen (secondary N) is 1. The van der Waals surface area contributed by atoms with Gasteiger partial charge >= 0.3 is 0 Å². The molecule has 0 radical (unpaired) electrons. The van der Waals surface area contributed by atoms with Gasteiger partial charge in [0.15, 0.2) is 5.82 Å². The summed E-state index contributed by atoms with van der Waals surface area (Å²) < 4.78 is 0. The molecule has 3 aromatic rings. The second-order valence-electron chi connectivity index (χ2n) is 7.19. The predicted octanol–water partition coefficient (Wildman–Crippen LogP) is 4.19. The van der Waals surface area contributed by atoms with Crippen molar-refractivity contribution in [3.63, 3.8) is 0 Å². The van der Waals surface area contributed by atoms with E-state index >= 15 is 0 Å². The van der Waals surface area contributed by atoms with Gasteiger partial charge in [0.2, 0.25) is 0 Å². The maximum absolute atomic E-state index is 11.2. The van der Waals surface area contributed by atoms with Crippen molar-refractivity contribution in [2.45, 2.75) is 28.7 Å². The Kier molecular flexibility index (Phi) is 5.31. The normalized spacial score (nSPS) is 17.9. The summed E-state index contributed by atoms with van der Waals surface area (Å²) in [6, 6.07) is 16.1. The standard InChI is InChI=1S/C23H21N5OS/c29-23(17-5-2-1-3-6-17)28(18-7-4-10-24-14-18)15-16-8-9-20-19(13-16)27-21-22(30-20)26-12-11-25-21/h1-13,18,23,29H,14-15H2,(H,25,27). The summed E-state index contributed by atoms with van der Waals surface area (Å²) in [4.78, 5) is 16.4. The van der Waals surface area contributed by atoms with Gasteiger partial charge in [0, 0.05) is 30.0 Å². The summed E-state index contributed by atoms with van der Waals surface area (Å²) in [7, 11) is 0. The highest BCUT2D eigenvalue weighted by atomic mass is 32.2. The monoisotopic (exact) mass is 415 g/mol. The number of hydrogen-bond donors (Lipinski definition) is 2. The van der Waals surface area contributed by atoms with Crippen LogP contribution in [0.5, 0.6) is 0 Å². The number of benzene rings is 2. The Balaban J connectivity index is 1.42. The zero-order valence-electron chi connectivity index (χ0n) is 16.2. The highest BCUT2D eigenvalue weighted by Crippen LogP contribution is 2.42. The summed E-state index contributed by atoms with van der Waals surface area (Å²) in [5.74, 6) is 0.776. The van der Waals surface area contributed by atoms with E-state index in [1.165, 1.54) is 0 Å². The average Bonchev–Trinajstić information content (AvgIpc) is 2.82. The number of aliphatic hydroxyl groups excluding tert-OH is 1. The maximum atomic E-state index is 11.2. The lowest BCUT2D eigenvalue weighted by Crippen LogP contribution is -2.39. The van der Waals surface area contributed by atoms with Crippen LogP contribution in [0.4, 0.5) is 11.5 Å². The number of aromatic nitrogens is 2. The molecule has 2 aliphatic rings. The van der Waals surface area contributed by atoms with Crippen LogP contribution in [0.2, 0.25) is 0 Å². The molecule has 2 aromatic carbocycles. The minimum Gasteiger partial charge on any atom is -0.374 e. The van der Waals surface area contributed by atoms with Gasteiger partial charge in [0.1, 0.15) is 11.3 Å². The molecule has 2 N–H and O–H groups in total. The number of allylic oxidation sites excluding steroid dienone is 1. The minimum absolute atomic E-state index is 0.0233.